The summed E-state index contributed by atoms with van der Waals surface area (Å²) < 4.78 is 5.63. The van der Waals surface area contributed by atoms with Gasteiger partial charge < -0.3 is 45.2 Å². The van der Waals surface area contributed by atoms with Crippen molar-refractivity contribution in [3.8, 4) is 11.4 Å². The lowest BCUT2D eigenvalue weighted by molar-refractivity contribution is 0.0643. The van der Waals surface area contributed by atoms with Crippen LogP contribution in [0.4, 0.5) is 28.1 Å². The summed E-state index contributed by atoms with van der Waals surface area (Å²) >= 11 is 0. The van der Waals surface area contributed by atoms with Crippen LogP contribution in [0.15, 0.2) is 48.5 Å². The number of piperazine rings is 1. The van der Waals surface area contributed by atoms with Crippen LogP contribution in [-0.2, 0) is 4.74 Å². The Balaban J connectivity index is 1.14. The molecule has 3 aliphatic rings. The van der Waals surface area contributed by atoms with Gasteiger partial charge in [-0.2, -0.15) is 15.0 Å². The van der Waals surface area contributed by atoms with Crippen molar-refractivity contribution in [2.24, 2.45) is 0 Å². The van der Waals surface area contributed by atoms with Gasteiger partial charge >= 0.3 is 6.03 Å². The number of hydrogen-bond acceptors (Lipinski definition) is 11. The SMILES string of the molecule is CCN1CCN(C(=O)c2ccc(NC(=O)Nc3ccc(-c4nc(N5CCOCC5C)nc(N5C(CO)CCC5CO)n4)cc3)cc2)CC1. The highest BCUT2D eigenvalue weighted by atomic mass is 16.5. The van der Waals surface area contributed by atoms with Gasteiger partial charge in [-0.05, 0) is 74.8 Å². The summed E-state index contributed by atoms with van der Waals surface area (Å²) in [5, 5.41) is 25.8. The minimum absolute atomic E-state index is 0.000535. The van der Waals surface area contributed by atoms with E-state index in [1.807, 2.05) is 21.9 Å². The van der Waals surface area contributed by atoms with Crippen molar-refractivity contribution in [1.82, 2.24) is 24.8 Å². The van der Waals surface area contributed by atoms with E-state index < -0.39 is 6.03 Å². The Morgan fingerprint density at radius 3 is 2.02 bits per heavy atom. The molecule has 3 unspecified atom stereocenters. The smallest absolute Gasteiger partial charge is 0.323 e. The van der Waals surface area contributed by atoms with Gasteiger partial charge in [0.05, 0.1) is 44.6 Å². The van der Waals surface area contributed by atoms with Crippen molar-refractivity contribution in [1.29, 1.82) is 0 Å². The third kappa shape index (κ3) is 7.51. The van der Waals surface area contributed by atoms with Crippen LogP contribution in [0.1, 0.15) is 37.0 Å². The largest absolute Gasteiger partial charge is 0.394 e. The first kappa shape index (κ1) is 33.5. The third-order valence-corrected chi connectivity index (χ3v) is 9.41. The van der Waals surface area contributed by atoms with Crippen molar-refractivity contribution in [2.75, 3.05) is 86.1 Å². The summed E-state index contributed by atoms with van der Waals surface area (Å²) in [4.78, 5) is 48.4. The van der Waals surface area contributed by atoms with E-state index in [2.05, 4.69) is 34.3 Å². The van der Waals surface area contributed by atoms with E-state index in [0.717, 1.165) is 38.0 Å². The average molecular weight is 660 g/mol. The average Bonchev–Trinajstić information content (AvgIpc) is 3.55. The molecule has 0 bridgehead atoms. The number of likely N-dealkylation sites (N-methyl/N-ethyl adjacent to an activating group) is 1. The van der Waals surface area contributed by atoms with Gasteiger partial charge in [-0.3, -0.25) is 4.79 Å². The Labute approximate surface area is 280 Å². The first-order chi connectivity index (χ1) is 23.4. The second-order valence-corrected chi connectivity index (χ2v) is 12.5. The molecule has 4 N–H and O–H groups in total. The number of benzene rings is 2. The van der Waals surface area contributed by atoms with Gasteiger partial charge in [0.25, 0.3) is 5.91 Å². The summed E-state index contributed by atoms with van der Waals surface area (Å²) in [6, 6.07) is 13.4. The van der Waals surface area contributed by atoms with Gasteiger partial charge in [-0.1, -0.05) is 6.92 Å². The Hall–Kier alpha value is -4.37. The highest BCUT2D eigenvalue weighted by Crippen LogP contribution is 2.31. The maximum absolute atomic E-state index is 12.9. The molecule has 6 rings (SSSR count). The number of anilines is 4. The standard InChI is InChI=1S/C34H45N9O5/c1-3-40-14-16-41(17-15-40)31(46)25-6-10-27(11-7-25)36-34(47)35-26-8-4-24(5-9-26)30-37-32(42-18-19-48-22-23(42)2)39-33(38-30)43-28(20-44)12-13-29(43)21-45/h4-11,23,28-29,44-45H,3,12-22H2,1-2H3,(H2,35,36,47). The van der Waals surface area contributed by atoms with Gasteiger partial charge in [0, 0.05) is 55.2 Å². The lowest BCUT2D eigenvalue weighted by Gasteiger charge is -2.34. The van der Waals surface area contributed by atoms with E-state index in [-0.39, 0.29) is 37.2 Å². The number of aliphatic hydroxyl groups excluding tert-OH is 2. The molecular weight excluding hydrogens is 614 g/mol. The van der Waals surface area contributed by atoms with E-state index in [4.69, 9.17) is 19.7 Å². The Morgan fingerprint density at radius 1 is 0.833 bits per heavy atom. The maximum Gasteiger partial charge on any atom is 0.323 e. The molecule has 3 amide bonds. The van der Waals surface area contributed by atoms with Crippen molar-refractivity contribution >= 4 is 35.2 Å². The predicted molar refractivity (Wildman–Crippen MR) is 183 cm³/mol. The fourth-order valence-electron chi connectivity index (χ4n) is 6.54. The molecule has 3 aromatic rings. The number of carbonyl (C=O) groups excluding carboxylic acids is 2. The molecule has 0 spiro atoms. The van der Waals surface area contributed by atoms with Crippen LogP contribution in [0, 0.1) is 0 Å². The highest BCUT2D eigenvalue weighted by molar-refractivity contribution is 6.00. The highest BCUT2D eigenvalue weighted by Gasteiger charge is 2.36. The molecule has 1 aromatic heterocycles. The minimum atomic E-state index is -0.414. The molecule has 48 heavy (non-hydrogen) atoms. The molecule has 3 aliphatic heterocycles. The van der Waals surface area contributed by atoms with Crippen LogP contribution in [0.3, 0.4) is 0 Å². The van der Waals surface area contributed by atoms with Crippen LogP contribution >= 0.6 is 0 Å². The molecular formula is C34H45N9O5. The number of aliphatic hydroxyl groups is 2. The number of nitrogens with zero attached hydrogens (tertiary/aromatic N) is 7. The van der Waals surface area contributed by atoms with Gasteiger partial charge in [0.2, 0.25) is 11.9 Å². The normalized spacial score (nSPS) is 21.8. The molecule has 14 heteroatoms. The van der Waals surface area contributed by atoms with Crippen LogP contribution in [0.5, 0.6) is 0 Å². The van der Waals surface area contributed by atoms with E-state index in [1.54, 1.807) is 36.4 Å². The molecule has 0 radical (unpaired) electrons. The number of rotatable bonds is 9. The fourth-order valence-corrected chi connectivity index (χ4v) is 6.54. The molecule has 3 saturated heterocycles. The summed E-state index contributed by atoms with van der Waals surface area (Å²) in [7, 11) is 0. The first-order valence-electron chi connectivity index (χ1n) is 16.8. The molecule has 2 aromatic carbocycles. The van der Waals surface area contributed by atoms with Crippen molar-refractivity contribution in [3.05, 3.63) is 54.1 Å². The van der Waals surface area contributed by atoms with E-state index in [0.29, 0.717) is 67.5 Å². The van der Waals surface area contributed by atoms with Crippen molar-refractivity contribution < 1.29 is 24.5 Å². The molecule has 0 saturated carbocycles. The van der Waals surface area contributed by atoms with Crippen molar-refractivity contribution in [3.63, 3.8) is 0 Å². The molecule has 3 fully saturated rings. The van der Waals surface area contributed by atoms with E-state index in [9.17, 15) is 19.8 Å². The molecule has 3 atom stereocenters. The van der Waals surface area contributed by atoms with E-state index >= 15 is 0 Å². The predicted octanol–water partition coefficient (Wildman–Crippen LogP) is 2.51. The lowest BCUT2D eigenvalue weighted by atomic mass is 10.1. The second-order valence-electron chi connectivity index (χ2n) is 12.5. The zero-order valence-corrected chi connectivity index (χ0v) is 27.6. The summed E-state index contributed by atoms with van der Waals surface area (Å²) in [6.07, 6.45) is 1.46. The number of amides is 3. The number of nitrogens with one attached hydrogen (secondary N) is 2. The first-order valence-corrected chi connectivity index (χ1v) is 16.8. The van der Waals surface area contributed by atoms with Crippen LogP contribution in [-0.4, -0.2) is 131 Å². The van der Waals surface area contributed by atoms with Crippen LogP contribution in [0.2, 0.25) is 0 Å². The molecule has 14 nitrogen and oxygen atoms in total. The third-order valence-electron chi connectivity index (χ3n) is 9.41. The Morgan fingerprint density at radius 2 is 1.44 bits per heavy atom. The Kier molecular flexibility index (Phi) is 10.6. The number of urea groups is 1. The topological polar surface area (TPSA) is 160 Å². The molecule has 256 valence electrons. The summed E-state index contributed by atoms with van der Waals surface area (Å²) in [5.41, 5.74) is 2.47. The Bertz CT molecular complexity index is 1540. The zero-order chi connectivity index (χ0) is 33.6. The zero-order valence-electron chi connectivity index (χ0n) is 27.6. The monoisotopic (exact) mass is 659 g/mol. The maximum atomic E-state index is 12.9. The number of aromatic nitrogens is 3. The number of hydrogen-bond donors (Lipinski definition) is 4. The van der Waals surface area contributed by atoms with Crippen LogP contribution in [0.25, 0.3) is 11.4 Å². The van der Waals surface area contributed by atoms with Gasteiger partial charge in [0.15, 0.2) is 5.82 Å². The minimum Gasteiger partial charge on any atom is -0.394 e. The second kappa shape index (κ2) is 15.2. The number of morpholine rings is 1. The van der Waals surface area contributed by atoms with Gasteiger partial charge in [-0.15, -0.1) is 0 Å². The lowest BCUT2D eigenvalue weighted by Crippen LogP contribution is -2.48. The number of carbonyl (C=O) groups is 2. The van der Waals surface area contributed by atoms with E-state index in [1.165, 1.54) is 0 Å². The van der Waals surface area contributed by atoms with Crippen molar-refractivity contribution in [2.45, 2.75) is 44.8 Å². The van der Waals surface area contributed by atoms with Gasteiger partial charge in [0.1, 0.15) is 0 Å². The summed E-state index contributed by atoms with van der Waals surface area (Å²) in [6.45, 7) is 9.96. The number of ether oxygens (including phenoxy) is 1. The fraction of sp³-hybridized carbons (Fsp3) is 0.500. The molecule has 4 heterocycles. The molecule has 0 aliphatic carbocycles. The van der Waals surface area contributed by atoms with Crippen LogP contribution < -0.4 is 20.4 Å². The quantitative estimate of drug-likeness (QED) is 0.267. The summed E-state index contributed by atoms with van der Waals surface area (Å²) in [5.74, 6) is 1.38. The van der Waals surface area contributed by atoms with Gasteiger partial charge in [-0.25, -0.2) is 4.79 Å².